The van der Waals surface area contributed by atoms with E-state index in [9.17, 15) is 4.79 Å². The van der Waals surface area contributed by atoms with Crippen LogP contribution in [0.4, 0.5) is 0 Å². The van der Waals surface area contributed by atoms with E-state index in [1.807, 2.05) is 17.0 Å². The van der Waals surface area contributed by atoms with Crippen molar-refractivity contribution < 1.29 is 4.79 Å². The second-order valence-electron chi connectivity index (χ2n) is 6.87. The summed E-state index contributed by atoms with van der Waals surface area (Å²) in [5.41, 5.74) is 2.59. The van der Waals surface area contributed by atoms with Gasteiger partial charge in [0, 0.05) is 39.1 Å². The van der Waals surface area contributed by atoms with Gasteiger partial charge in [-0.2, -0.15) is 0 Å². The molecule has 0 aromatic heterocycles. The number of hydrogen-bond donors (Lipinski definition) is 0. The maximum Gasteiger partial charge on any atom is 0.223 e. The van der Waals surface area contributed by atoms with Crippen molar-refractivity contribution in [3.63, 3.8) is 0 Å². The molecule has 2 aromatic rings. The van der Waals surface area contributed by atoms with Gasteiger partial charge in [0.15, 0.2) is 0 Å². The van der Waals surface area contributed by atoms with Crippen LogP contribution in [0.1, 0.15) is 36.8 Å². The van der Waals surface area contributed by atoms with Crippen LogP contribution in [0.5, 0.6) is 0 Å². The van der Waals surface area contributed by atoms with Gasteiger partial charge in [-0.05, 0) is 30.4 Å². The molecule has 1 aliphatic heterocycles. The van der Waals surface area contributed by atoms with Crippen LogP contribution in [0, 0.1) is 0 Å². The van der Waals surface area contributed by atoms with E-state index in [2.05, 4.69) is 53.4 Å². The average molecular weight is 336 g/mol. The Labute approximate surface area is 151 Å². The minimum Gasteiger partial charge on any atom is -0.343 e. The first-order valence-corrected chi connectivity index (χ1v) is 9.39. The molecule has 1 aliphatic rings. The number of likely N-dealkylation sites (tertiary alicyclic amines) is 1. The van der Waals surface area contributed by atoms with Gasteiger partial charge in [0.05, 0.1) is 0 Å². The van der Waals surface area contributed by atoms with Crippen LogP contribution in [0.25, 0.3) is 0 Å². The van der Waals surface area contributed by atoms with E-state index in [0.717, 1.165) is 45.6 Å². The number of nitrogens with zero attached hydrogens (tertiary/aromatic N) is 2. The standard InChI is InChI=1S/C22H28N2O/c25-22(24-15-8-3-9-16-24)14-17-23(18-20-10-4-1-5-11-20)19-21-12-6-2-7-13-21/h1-2,4-7,10-13H,3,8-9,14-19H2. The molecule has 0 radical (unpaired) electrons. The highest BCUT2D eigenvalue weighted by Gasteiger charge is 2.17. The normalized spacial score (nSPS) is 14.7. The van der Waals surface area contributed by atoms with E-state index in [-0.39, 0.29) is 0 Å². The topological polar surface area (TPSA) is 23.6 Å². The summed E-state index contributed by atoms with van der Waals surface area (Å²) >= 11 is 0. The fraction of sp³-hybridized carbons (Fsp3) is 0.409. The fourth-order valence-electron chi connectivity index (χ4n) is 3.45. The number of rotatable bonds is 7. The van der Waals surface area contributed by atoms with Crippen molar-refractivity contribution in [1.82, 2.24) is 9.80 Å². The van der Waals surface area contributed by atoms with Gasteiger partial charge in [-0.15, -0.1) is 0 Å². The summed E-state index contributed by atoms with van der Waals surface area (Å²) in [5.74, 6) is 0.311. The zero-order valence-electron chi connectivity index (χ0n) is 14.9. The van der Waals surface area contributed by atoms with Crippen LogP contribution in [0.2, 0.25) is 0 Å². The van der Waals surface area contributed by atoms with Crippen LogP contribution in [-0.2, 0) is 17.9 Å². The van der Waals surface area contributed by atoms with Crippen molar-refractivity contribution in [1.29, 1.82) is 0 Å². The second-order valence-corrected chi connectivity index (χ2v) is 6.87. The van der Waals surface area contributed by atoms with Crippen molar-refractivity contribution >= 4 is 5.91 Å². The Morgan fingerprint density at radius 3 is 1.84 bits per heavy atom. The summed E-state index contributed by atoms with van der Waals surface area (Å²) in [6, 6.07) is 21.0. The first-order valence-electron chi connectivity index (χ1n) is 9.39. The highest BCUT2D eigenvalue weighted by molar-refractivity contribution is 5.76. The minimum absolute atomic E-state index is 0.311. The number of carbonyl (C=O) groups is 1. The molecular weight excluding hydrogens is 308 g/mol. The molecule has 0 bridgehead atoms. The Balaban J connectivity index is 1.60. The van der Waals surface area contributed by atoms with Crippen LogP contribution in [0.3, 0.4) is 0 Å². The van der Waals surface area contributed by atoms with Crippen molar-refractivity contribution in [2.75, 3.05) is 19.6 Å². The molecule has 0 saturated carbocycles. The molecule has 25 heavy (non-hydrogen) atoms. The third-order valence-electron chi connectivity index (χ3n) is 4.85. The van der Waals surface area contributed by atoms with Crippen LogP contribution < -0.4 is 0 Å². The summed E-state index contributed by atoms with van der Waals surface area (Å²) in [6.07, 6.45) is 4.19. The fourth-order valence-corrected chi connectivity index (χ4v) is 3.45. The lowest BCUT2D eigenvalue weighted by atomic mass is 10.1. The quantitative estimate of drug-likeness (QED) is 0.760. The first-order chi connectivity index (χ1) is 12.3. The Morgan fingerprint density at radius 2 is 1.32 bits per heavy atom. The lowest BCUT2D eigenvalue weighted by Crippen LogP contribution is -2.37. The molecule has 0 spiro atoms. The maximum atomic E-state index is 12.5. The van der Waals surface area contributed by atoms with Crippen molar-refractivity contribution in [3.05, 3.63) is 71.8 Å². The summed E-state index contributed by atoms with van der Waals surface area (Å²) in [7, 11) is 0. The summed E-state index contributed by atoms with van der Waals surface area (Å²) in [4.78, 5) is 16.9. The lowest BCUT2D eigenvalue weighted by Gasteiger charge is -2.28. The maximum absolute atomic E-state index is 12.5. The van der Waals surface area contributed by atoms with Gasteiger partial charge in [0.2, 0.25) is 5.91 Å². The molecule has 2 aromatic carbocycles. The second kappa shape index (κ2) is 9.38. The van der Waals surface area contributed by atoms with E-state index >= 15 is 0 Å². The van der Waals surface area contributed by atoms with Gasteiger partial charge >= 0.3 is 0 Å². The number of hydrogen-bond acceptors (Lipinski definition) is 2. The molecule has 3 heteroatoms. The zero-order valence-corrected chi connectivity index (χ0v) is 14.9. The predicted molar refractivity (Wildman–Crippen MR) is 102 cm³/mol. The molecule has 0 unspecified atom stereocenters. The SMILES string of the molecule is O=C(CCN(Cc1ccccc1)Cc1ccccc1)N1CCCCC1. The largest absolute Gasteiger partial charge is 0.343 e. The third kappa shape index (κ3) is 5.71. The molecule has 3 rings (SSSR count). The molecular formula is C22H28N2O. The van der Waals surface area contributed by atoms with Gasteiger partial charge in [-0.3, -0.25) is 9.69 Å². The van der Waals surface area contributed by atoms with Gasteiger partial charge < -0.3 is 4.90 Å². The zero-order chi connectivity index (χ0) is 17.3. The monoisotopic (exact) mass is 336 g/mol. The Hall–Kier alpha value is -2.13. The van der Waals surface area contributed by atoms with Gasteiger partial charge in [0.1, 0.15) is 0 Å². The summed E-state index contributed by atoms with van der Waals surface area (Å²) < 4.78 is 0. The summed E-state index contributed by atoms with van der Waals surface area (Å²) in [6.45, 7) is 4.44. The molecule has 0 N–H and O–H groups in total. The minimum atomic E-state index is 0.311. The Kier molecular flexibility index (Phi) is 6.63. The van der Waals surface area contributed by atoms with Crippen molar-refractivity contribution in [3.8, 4) is 0 Å². The molecule has 1 saturated heterocycles. The lowest BCUT2D eigenvalue weighted by molar-refractivity contribution is -0.132. The molecule has 0 atom stereocenters. The molecule has 1 fully saturated rings. The van der Waals surface area contributed by atoms with E-state index < -0.39 is 0 Å². The number of piperidine rings is 1. The van der Waals surface area contributed by atoms with E-state index in [0.29, 0.717) is 12.3 Å². The van der Waals surface area contributed by atoms with Crippen LogP contribution in [0.15, 0.2) is 60.7 Å². The molecule has 0 aliphatic carbocycles. The third-order valence-corrected chi connectivity index (χ3v) is 4.85. The average Bonchev–Trinajstić information content (AvgIpc) is 2.68. The van der Waals surface area contributed by atoms with Crippen LogP contribution >= 0.6 is 0 Å². The van der Waals surface area contributed by atoms with Gasteiger partial charge in [-0.25, -0.2) is 0 Å². The number of amides is 1. The first kappa shape index (κ1) is 17.7. The van der Waals surface area contributed by atoms with Gasteiger partial charge in [0.25, 0.3) is 0 Å². The number of carbonyl (C=O) groups excluding carboxylic acids is 1. The van der Waals surface area contributed by atoms with Crippen LogP contribution in [-0.4, -0.2) is 35.3 Å². The van der Waals surface area contributed by atoms with Crippen molar-refractivity contribution in [2.45, 2.75) is 38.8 Å². The summed E-state index contributed by atoms with van der Waals surface area (Å²) in [5, 5.41) is 0. The molecule has 1 heterocycles. The predicted octanol–water partition coefficient (Wildman–Crippen LogP) is 4.09. The highest BCUT2D eigenvalue weighted by Crippen LogP contribution is 2.13. The highest BCUT2D eigenvalue weighted by atomic mass is 16.2. The molecule has 3 nitrogen and oxygen atoms in total. The molecule has 1 amide bonds. The Bertz CT molecular complexity index is 594. The number of benzene rings is 2. The van der Waals surface area contributed by atoms with Gasteiger partial charge in [-0.1, -0.05) is 60.7 Å². The smallest absolute Gasteiger partial charge is 0.223 e. The Morgan fingerprint density at radius 1 is 0.800 bits per heavy atom. The molecule has 132 valence electrons. The van der Waals surface area contributed by atoms with E-state index in [4.69, 9.17) is 0 Å². The van der Waals surface area contributed by atoms with Crippen molar-refractivity contribution in [2.24, 2.45) is 0 Å². The van der Waals surface area contributed by atoms with E-state index in [1.54, 1.807) is 0 Å². The van der Waals surface area contributed by atoms with E-state index in [1.165, 1.54) is 17.5 Å².